The second-order valence-electron chi connectivity index (χ2n) is 7.33. The van der Waals surface area contributed by atoms with Gasteiger partial charge in [-0.1, -0.05) is 48.9 Å². The zero-order valence-electron chi connectivity index (χ0n) is 16.7. The molecule has 0 saturated carbocycles. The van der Waals surface area contributed by atoms with Crippen molar-refractivity contribution in [1.82, 2.24) is 4.98 Å². The number of hydrogen-bond acceptors (Lipinski definition) is 4. The second kappa shape index (κ2) is 7.87. The van der Waals surface area contributed by atoms with E-state index in [2.05, 4.69) is 48.0 Å². The molecule has 4 rings (SSSR count). The van der Waals surface area contributed by atoms with Crippen LogP contribution in [0, 0.1) is 6.92 Å². The number of aryl methyl sites for hydroxylation is 2. The Hall–Kier alpha value is -2.86. The van der Waals surface area contributed by atoms with E-state index in [1.807, 2.05) is 18.2 Å². The molecule has 0 N–H and O–H groups in total. The zero-order valence-corrected chi connectivity index (χ0v) is 17.6. The van der Waals surface area contributed by atoms with E-state index >= 15 is 0 Å². The Labute approximate surface area is 172 Å². The number of rotatable bonds is 5. The first kappa shape index (κ1) is 19.5. The molecular weight excluding hydrogens is 382 g/mol. The third kappa shape index (κ3) is 3.85. The van der Waals surface area contributed by atoms with Crippen molar-refractivity contribution in [2.75, 3.05) is 22.3 Å². The van der Waals surface area contributed by atoms with Crippen molar-refractivity contribution < 1.29 is 8.42 Å². The van der Waals surface area contributed by atoms with Crippen molar-refractivity contribution in [1.29, 1.82) is 0 Å². The fraction of sp³-hybridized carbons (Fsp3) is 0.261. The van der Waals surface area contributed by atoms with Gasteiger partial charge < -0.3 is 4.90 Å². The van der Waals surface area contributed by atoms with Gasteiger partial charge in [-0.3, -0.25) is 4.31 Å². The normalized spacial score (nSPS) is 14.0. The predicted octanol–water partition coefficient (Wildman–Crippen LogP) is 4.17. The van der Waals surface area contributed by atoms with Crippen molar-refractivity contribution in [3.05, 3.63) is 83.6 Å². The number of fused-ring (bicyclic) bond motifs is 1. The van der Waals surface area contributed by atoms with Gasteiger partial charge in [0.15, 0.2) is 5.82 Å². The molecule has 0 bridgehead atoms. The summed E-state index contributed by atoms with van der Waals surface area (Å²) in [5.74, 6) is 0.702. The molecule has 29 heavy (non-hydrogen) atoms. The molecule has 0 amide bonds. The van der Waals surface area contributed by atoms with Crippen LogP contribution < -0.4 is 9.21 Å². The van der Waals surface area contributed by atoms with Gasteiger partial charge in [-0.15, -0.1) is 0 Å². The van der Waals surface area contributed by atoms with Crippen LogP contribution >= 0.6 is 0 Å². The number of anilines is 2. The Morgan fingerprint density at radius 3 is 2.31 bits per heavy atom. The topological polar surface area (TPSA) is 53.5 Å². The van der Waals surface area contributed by atoms with E-state index in [4.69, 9.17) is 0 Å². The SMILES string of the molecule is CCc1ccc(S(=O)(=O)N2CCN(Cc3ccc(C)cc3)c3ncccc32)cc1. The Morgan fingerprint density at radius 2 is 1.62 bits per heavy atom. The monoisotopic (exact) mass is 407 g/mol. The summed E-state index contributed by atoms with van der Waals surface area (Å²) in [7, 11) is -3.64. The summed E-state index contributed by atoms with van der Waals surface area (Å²) in [5, 5.41) is 0. The maximum Gasteiger partial charge on any atom is 0.264 e. The summed E-state index contributed by atoms with van der Waals surface area (Å²) in [6, 6.07) is 19.2. The molecule has 2 aromatic carbocycles. The molecule has 1 aliphatic rings. The van der Waals surface area contributed by atoms with E-state index in [1.165, 1.54) is 15.4 Å². The summed E-state index contributed by atoms with van der Waals surface area (Å²) in [5.41, 5.74) is 4.15. The summed E-state index contributed by atoms with van der Waals surface area (Å²) < 4.78 is 28.2. The molecule has 0 atom stereocenters. The first-order chi connectivity index (χ1) is 14.0. The lowest BCUT2D eigenvalue weighted by Crippen LogP contribution is -2.44. The number of hydrogen-bond donors (Lipinski definition) is 0. The standard InChI is InChI=1S/C23H25N3O2S/c1-3-19-10-12-21(13-11-19)29(27,28)26-16-15-25(23-22(26)5-4-14-24-23)17-20-8-6-18(2)7-9-20/h4-14H,3,15-17H2,1-2H3. The third-order valence-electron chi connectivity index (χ3n) is 5.32. The van der Waals surface area contributed by atoms with E-state index in [0.29, 0.717) is 36.0 Å². The van der Waals surface area contributed by atoms with Crippen molar-refractivity contribution in [3.63, 3.8) is 0 Å². The molecule has 0 spiro atoms. The number of nitrogens with zero attached hydrogens (tertiary/aromatic N) is 3. The highest BCUT2D eigenvalue weighted by molar-refractivity contribution is 7.92. The van der Waals surface area contributed by atoms with E-state index in [1.54, 1.807) is 24.4 Å². The molecule has 1 aromatic heterocycles. The van der Waals surface area contributed by atoms with Crippen LogP contribution in [0.3, 0.4) is 0 Å². The Bertz CT molecular complexity index is 1090. The van der Waals surface area contributed by atoms with Gasteiger partial charge in [-0.05, 0) is 48.7 Å². The van der Waals surface area contributed by atoms with Crippen LogP contribution in [0.25, 0.3) is 0 Å². The molecule has 150 valence electrons. The zero-order chi connectivity index (χ0) is 20.4. The second-order valence-corrected chi connectivity index (χ2v) is 9.19. The van der Waals surface area contributed by atoms with Crippen molar-refractivity contribution in [3.8, 4) is 0 Å². The van der Waals surface area contributed by atoms with Gasteiger partial charge >= 0.3 is 0 Å². The maximum absolute atomic E-state index is 13.3. The minimum Gasteiger partial charge on any atom is -0.349 e. The molecule has 0 unspecified atom stereocenters. The molecule has 1 aliphatic heterocycles. The minimum absolute atomic E-state index is 0.316. The van der Waals surface area contributed by atoms with Crippen LogP contribution in [0.5, 0.6) is 0 Å². The number of pyridine rings is 1. The number of sulfonamides is 1. The van der Waals surface area contributed by atoms with Crippen LogP contribution in [0.15, 0.2) is 71.8 Å². The Balaban J connectivity index is 1.66. The van der Waals surface area contributed by atoms with Gasteiger partial charge in [-0.25, -0.2) is 13.4 Å². The number of aromatic nitrogens is 1. The first-order valence-electron chi connectivity index (χ1n) is 9.86. The molecule has 0 radical (unpaired) electrons. The maximum atomic E-state index is 13.3. The lowest BCUT2D eigenvalue weighted by molar-refractivity contribution is 0.587. The molecule has 0 fully saturated rings. The van der Waals surface area contributed by atoms with Crippen molar-refractivity contribution in [2.45, 2.75) is 31.7 Å². The van der Waals surface area contributed by atoms with Gasteiger partial charge in [0, 0.05) is 19.3 Å². The van der Waals surface area contributed by atoms with E-state index < -0.39 is 10.0 Å². The molecular formula is C23H25N3O2S. The third-order valence-corrected chi connectivity index (χ3v) is 7.15. The van der Waals surface area contributed by atoms with Crippen LogP contribution in [0.1, 0.15) is 23.6 Å². The van der Waals surface area contributed by atoms with Gasteiger partial charge in [-0.2, -0.15) is 0 Å². The van der Waals surface area contributed by atoms with Crippen LogP contribution in [-0.4, -0.2) is 26.5 Å². The van der Waals surface area contributed by atoms with Crippen LogP contribution in [0.2, 0.25) is 0 Å². The minimum atomic E-state index is -3.64. The average molecular weight is 408 g/mol. The largest absolute Gasteiger partial charge is 0.349 e. The first-order valence-corrected chi connectivity index (χ1v) is 11.3. The van der Waals surface area contributed by atoms with Gasteiger partial charge in [0.1, 0.15) is 0 Å². The van der Waals surface area contributed by atoms with Gasteiger partial charge in [0.25, 0.3) is 10.0 Å². The van der Waals surface area contributed by atoms with Gasteiger partial charge in [0.2, 0.25) is 0 Å². The predicted molar refractivity (Wildman–Crippen MR) is 117 cm³/mol. The quantitative estimate of drug-likeness (QED) is 0.637. The fourth-order valence-corrected chi connectivity index (χ4v) is 5.06. The van der Waals surface area contributed by atoms with Crippen LogP contribution in [-0.2, 0) is 23.0 Å². The average Bonchev–Trinajstić information content (AvgIpc) is 2.75. The molecule has 0 saturated heterocycles. The van der Waals surface area contributed by atoms with Crippen molar-refractivity contribution >= 4 is 21.5 Å². The van der Waals surface area contributed by atoms with Crippen LogP contribution in [0.4, 0.5) is 11.5 Å². The summed E-state index contributed by atoms with van der Waals surface area (Å²) in [6.07, 6.45) is 2.60. The molecule has 5 nitrogen and oxygen atoms in total. The highest BCUT2D eigenvalue weighted by Crippen LogP contribution is 2.35. The summed E-state index contributed by atoms with van der Waals surface area (Å²) in [4.78, 5) is 6.98. The Kier molecular flexibility index (Phi) is 5.28. The smallest absolute Gasteiger partial charge is 0.264 e. The van der Waals surface area contributed by atoms with E-state index in [9.17, 15) is 8.42 Å². The molecule has 2 heterocycles. The van der Waals surface area contributed by atoms with E-state index in [-0.39, 0.29) is 0 Å². The summed E-state index contributed by atoms with van der Waals surface area (Å²) >= 11 is 0. The summed E-state index contributed by atoms with van der Waals surface area (Å²) in [6.45, 7) is 5.80. The highest BCUT2D eigenvalue weighted by Gasteiger charge is 2.32. The lowest BCUT2D eigenvalue weighted by atomic mass is 10.1. The highest BCUT2D eigenvalue weighted by atomic mass is 32.2. The van der Waals surface area contributed by atoms with E-state index in [0.717, 1.165) is 12.0 Å². The Morgan fingerprint density at radius 1 is 0.931 bits per heavy atom. The number of benzene rings is 2. The van der Waals surface area contributed by atoms with Crippen molar-refractivity contribution in [2.24, 2.45) is 0 Å². The molecule has 6 heteroatoms. The lowest BCUT2D eigenvalue weighted by Gasteiger charge is -2.37. The molecule has 3 aromatic rings. The van der Waals surface area contributed by atoms with Gasteiger partial charge in [0.05, 0.1) is 17.1 Å². The molecule has 0 aliphatic carbocycles. The fourth-order valence-electron chi connectivity index (χ4n) is 3.61.